The van der Waals surface area contributed by atoms with E-state index < -0.39 is 11.6 Å². The molecule has 2 rings (SSSR count). The molecular formula is C8H4ClF2NOS. The summed E-state index contributed by atoms with van der Waals surface area (Å²) in [6.45, 7) is 0. The van der Waals surface area contributed by atoms with Crippen LogP contribution in [0.4, 0.5) is 8.78 Å². The molecule has 2 nitrogen and oxygen atoms in total. The first kappa shape index (κ1) is 9.61. The third-order valence-electron chi connectivity index (χ3n) is 1.71. The van der Waals surface area contributed by atoms with Crippen LogP contribution in [-0.2, 0) is 0 Å². The summed E-state index contributed by atoms with van der Waals surface area (Å²) in [6.07, 6.45) is 0. The van der Waals surface area contributed by atoms with Crippen LogP contribution in [0.3, 0.4) is 0 Å². The second kappa shape index (κ2) is 3.33. The van der Waals surface area contributed by atoms with Crippen LogP contribution in [0.25, 0.3) is 10.2 Å². The van der Waals surface area contributed by atoms with Crippen molar-refractivity contribution < 1.29 is 13.5 Å². The maximum atomic E-state index is 13.2. The topological polar surface area (TPSA) is 22.1 Å². The van der Waals surface area contributed by atoms with Gasteiger partial charge in [0.2, 0.25) is 0 Å². The summed E-state index contributed by atoms with van der Waals surface area (Å²) in [4.78, 5) is 3.72. The summed E-state index contributed by atoms with van der Waals surface area (Å²) < 4.78 is 31.6. The summed E-state index contributed by atoms with van der Waals surface area (Å²) in [6, 6.07) is 0.733. The van der Waals surface area contributed by atoms with Crippen LogP contribution >= 0.6 is 22.9 Å². The second-order valence-corrected chi connectivity index (χ2v) is 4.10. The Morgan fingerprint density at radius 1 is 1.43 bits per heavy atom. The first-order chi connectivity index (χ1) is 6.63. The van der Waals surface area contributed by atoms with Crippen LogP contribution in [0.1, 0.15) is 0 Å². The van der Waals surface area contributed by atoms with Crippen molar-refractivity contribution in [1.29, 1.82) is 0 Å². The van der Waals surface area contributed by atoms with Gasteiger partial charge < -0.3 is 4.74 Å². The van der Waals surface area contributed by atoms with Crippen LogP contribution in [-0.4, -0.2) is 12.1 Å². The smallest absolute Gasteiger partial charge is 0.184 e. The number of thiazole rings is 1. The Balaban J connectivity index is 2.89. The van der Waals surface area contributed by atoms with E-state index in [9.17, 15) is 8.78 Å². The first-order valence-electron chi connectivity index (χ1n) is 3.61. The predicted molar refractivity (Wildman–Crippen MR) is 51.1 cm³/mol. The molecule has 0 saturated heterocycles. The highest BCUT2D eigenvalue weighted by atomic mass is 35.5. The van der Waals surface area contributed by atoms with Gasteiger partial charge in [-0.1, -0.05) is 22.9 Å². The van der Waals surface area contributed by atoms with Crippen LogP contribution in [0.2, 0.25) is 4.47 Å². The summed E-state index contributed by atoms with van der Waals surface area (Å²) >= 11 is 6.58. The fourth-order valence-corrected chi connectivity index (χ4v) is 2.29. The number of ether oxygens (including phenoxy) is 1. The molecule has 1 heterocycles. The highest BCUT2D eigenvalue weighted by Gasteiger charge is 2.16. The molecule has 1 aromatic carbocycles. The van der Waals surface area contributed by atoms with E-state index in [-0.39, 0.29) is 20.4 Å². The third-order valence-corrected chi connectivity index (χ3v) is 2.87. The highest BCUT2D eigenvalue weighted by molar-refractivity contribution is 7.22. The molecule has 0 N–H and O–H groups in total. The van der Waals surface area contributed by atoms with Gasteiger partial charge in [0, 0.05) is 6.07 Å². The van der Waals surface area contributed by atoms with Gasteiger partial charge in [-0.2, -0.15) is 0 Å². The summed E-state index contributed by atoms with van der Waals surface area (Å²) in [5, 5.41) is 0. The number of hydrogen-bond donors (Lipinski definition) is 0. The fraction of sp³-hybridized carbons (Fsp3) is 0.125. The molecule has 0 radical (unpaired) electrons. The Bertz CT molecular complexity index is 500. The molecule has 14 heavy (non-hydrogen) atoms. The third kappa shape index (κ3) is 1.33. The minimum atomic E-state index is -0.752. The molecule has 2 aromatic rings. The van der Waals surface area contributed by atoms with Gasteiger partial charge in [0.05, 0.1) is 7.11 Å². The number of halogens is 3. The lowest BCUT2D eigenvalue weighted by Crippen LogP contribution is -1.90. The Morgan fingerprint density at radius 2 is 2.14 bits per heavy atom. The number of rotatable bonds is 1. The summed E-state index contributed by atoms with van der Waals surface area (Å²) in [7, 11) is 1.31. The standard InChI is InChI=1S/C8H4ClF2NOS/c1-13-6-4(11)2-3(10)5-7(6)14-8(9)12-5/h2H,1H3. The molecule has 0 aliphatic rings. The van der Waals surface area contributed by atoms with Crippen LogP contribution in [0.5, 0.6) is 5.75 Å². The Morgan fingerprint density at radius 3 is 2.79 bits per heavy atom. The molecule has 0 atom stereocenters. The predicted octanol–water partition coefficient (Wildman–Crippen LogP) is 3.24. The largest absolute Gasteiger partial charge is 0.492 e. The van der Waals surface area contributed by atoms with Crippen molar-refractivity contribution >= 4 is 33.2 Å². The van der Waals surface area contributed by atoms with Gasteiger partial charge in [0.25, 0.3) is 0 Å². The lowest BCUT2D eigenvalue weighted by molar-refractivity contribution is 0.390. The number of nitrogens with zero attached hydrogens (tertiary/aromatic N) is 1. The van der Waals surface area contributed by atoms with Gasteiger partial charge in [-0.25, -0.2) is 13.8 Å². The first-order valence-corrected chi connectivity index (χ1v) is 4.81. The van der Waals surface area contributed by atoms with E-state index in [1.807, 2.05) is 0 Å². The van der Waals surface area contributed by atoms with Crippen molar-refractivity contribution in [2.75, 3.05) is 7.11 Å². The van der Waals surface area contributed by atoms with Gasteiger partial charge in [-0.3, -0.25) is 0 Å². The molecule has 0 fully saturated rings. The molecule has 6 heteroatoms. The number of methoxy groups -OCH3 is 1. The van der Waals surface area contributed by atoms with Gasteiger partial charge >= 0.3 is 0 Å². The average Bonchev–Trinajstić information content (AvgIpc) is 2.48. The molecule has 0 aliphatic heterocycles. The van der Waals surface area contributed by atoms with Crippen molar-refractivity contribution in [3.8, 4) is 5.75 Å². The summed E-state index contributed by atoms with van der Waals surface area (Å²) in [5.41, 5.74) is 0.0400. The highest BCUT2D eigenvalue weighted by Crippen LogP contribution is 2.36. The lowest BCUT2D eigenvalue weighted by atomic mass is 10.3. The maximum absolute atomic E-state index is 13.2. The Labute approximate surface area is 87.1 Å². The van der Waals surface area contributed by atoms with E-state index in [0.717, 1.165) is 17.4 Å². The monoisotopic (exact) mass is 235 g/mol. The van der Waals surface area contributed by atoms with Crippen molar-refractivity contribution in [3.05, 3.63) is 22.2 Å². The van der Waals surface area contributed by atoms with E-state index in [0.29, 0.717) is 0 Å². The second-order valence-electron chi connectivity index (χ2n) is 2.52. The fourth-order valence-electron chi connectivity index (χ4n) is 1.15. The molecule has 74 valence electrons. The van der Waals surface area contributed by atoms with Crippen molar-refractivity contribution in [2.45, 2.75) is 0 Å². The minimum absolute atomic E-state index is 0.0224. The van der Waals surface area contributed by atoms with Crippen LogP contribution in [0.15, 0.2) is 6.07 Å². The van der Waals surface area contributed by atoms with E-state index in [2.05, 4.69) is 4.98 Å². The number of aromatic nitrogens is 1. The van der Waals surface area contributed by atoms with Crippen molar-refractivity contribution in [2.24, 2.45) is 0 Å². The van der Waals surface area contributed by atoms with E-state index in [1.165, 1.54) is 7.11 Å². The van der Waals surface area contributed by atoms with Gasteiger partial charge in [-0.05, 0) is 0 Å². The summed E-state index contributed by atoms with van der Waals surface area (Å²) in [5.74, 6) is -1.51. The number of hydrogen-bond acceptors (Lipinski definition) is 3. The van der Waals surface area contributed by atoms with Gasteiger partial charge in [-0.15, -0.1) is 0 Å². The molecule has 0 saturated carbocycles. The quantitative estimate of drug-likeness (QED) is 0.757. The molecule has 0 aliphatic carbocycles. The van der Waals surface area contributed by atoms with E-state index >= 15 is 0 Å². The molecular weight excluding hydrogens is 232 g/mol. The Hall–Kier alpha value is -0.940. The molecule has 1 aromatic heterocycles. The molecule has 0 amide bonds. The van der Waals surface area contributed by atoms with Crippen LogP contribution < -0.4 is 4.74 Å². The minimum Gasteiger partial charge on any atom is -0.492 e. The zero-order valence-electron chi connectivity index (χ0n) is 6.97. The van der Waals surface area contributed by atoms with E-state index in [4.69, 9.17) is 16.3 Å². The lowest BCUT2D eigenvalue weighted by Gasteiger charge is -2.02. The molecule has 0 unspecified atom stereocenters. The normalized spacial score (nSPS) is 10.9. The van der Waals surface area contributed by atoms with Gasteiger partial charge in [0.15, 0.2) is 21.9 Å². The van der Waals surface area contributed by atoms with Crippen LogP contribution in [0, 0.1) is 11.6 Å². The zero-order valence-corrected chi connectivity index (χ0v) is 8.55. The van der Waals surface area contributed by atoms with Crippen molar-refractivity contribution in [3.63, 3.8) is 0 Å². The Kier molecular flexibility index (Phi) is 2.28. The zero-order chi connectivity index (χ0) is 10.3. The maximum Gasteiger partial charge on any atom is 0.184 e. The van der Waals surface area contributed by atoms with Crippen molar-refractivity contribution in [1.82, 2.24) is 4.98 Å². The van der Waals surface area contributed by atoms with E-state index in [1.54, 1.807) is 0 Å². The molecule has 0 bridgehead atoms. The van der Waals surface area contributed by atoms with Gasteiger partial charge in [0.1, 0.15) is 10.2 Å². The SMILES string of the molecule is COc1c(F)cc(F)c2nc(Cl)sc12. The average molecular weight is 236 g/mol. The molecule has 0 spiro atoms. The number of benzene rings is 1. The number of fused-ring (bicyclic) bond motifs is 1.